The van der Waals surface area contributed by atoms with Crippen LogP contribution in [0.2, 0.25) is 0 Å². The molecule has 0 amide bonds. The van der Waals surface area contributed by atoms with Crippen LogP contribution < -0.4 is 10.5 Å². The van der Waals surface area contributed by atoms with Gasteiger partial charge in [0, 0.05) is 21.5 Å². The van der Waals surface area contributed by atoms with Crippen LogP contribution in [0.3, 0.4) is 0 Å². The molecule has 0 fully saturated rings. The van der Waals surface area contributed by atoms with Gasteiger partial charge in [0.2, 0.25) is 0 Å². The van der Waals surface area contributed by atoms with Crippen LogP contribution in [0.5, 0.6) is 5.75 Å². The van der Waals surface area contributed by atoms with Gasteiger partial charge in [-0.15, -0.1) is 4.33 Å². The Labute approximate surface area is 109 Å². The molecule has 0 saturated carbocycles. The molecule has 2 rings (SSSR count). The highest BCUT2D eigenvalue weighted by molar-refractivity contribution is 7.94. The summed E-state index contributed by atoms with van der Waals surface area (Å²) < 4.78 is 9.87. The largest absolute Gasteiger partial charge is 0.496 e. The zero-order valence-electron chi connectivity index (χ0n) is 9.97. The molecule has 3 N–H and O–H groups in total. The number of nitrogen functional groups attached to an aromatic ring is 1. The van der Waals surface area contributed by atoms with Crippen LogP contribution in [0, 0.1) is 6.92 Å². The normalized spacial score (nSPS) is 10.8. The molecule has 0 spiro atoms. The number of nitrogens with two attached hydrogens (primary N) is 1. The molecule has 0 bridgehead atoms. The molecule has 2 aromatic rings. The number of fused-ring (bicyclic) bond motifs is 1. The minimum atomic E-state index is 0.670. The first kappa shape index (κ1) is 13.0. The van der Waals surface area contributed by atoms with Crippen molar-refractivity contribution in [2.24, 2.45) is 0 Å². The first-order valence-electron chi connectivity index (χ1n) is 5.19. The number of rotatable bonds is 4. The third-order valence-electron chi connectivity index (χ3n) is 2.68. The van der Waals surface area contributed by atoms with Crippen molar-refractivity contribution in [3.63, 3.8) is 0 Å². The lowest BCUT2D eigenvalue weighted by Crippen LogP contribution is -1.93. The third kappa shape index (κ3) is 2.37. The van der Waals surface area contributed by atoms with Gasteiger partial charge in [-0.25, -0.2) is 5.26 Å². The number of anilines is 1. The van der Waals surface area contributed by atoms with Crippen LogP contribution >= 0.6 is 12.0 Å². The van der Waals surface area contributed by atoms with Crippen LogP contribution in [-0.2, 0) is 9.37 Å². The van der Waals surface area contributed by atoms with Crippen molar-refractivity contribution in [2.45, 2.75) is 11.8 Å². The van der Waals surface area contributed by atoms with E-state index in [-0.39, 0.29) is 0 Å². The zero-order chi connectivity index (χ0) is 13.1. The molecule has 2 aromatic carbocycles. The molecule has 5 nitrogen and oxygen atoms in total. The van der Waals surface area contributed by atoms with Gasteiger partial charge in [0.15, 0.2) is 0 Å². The first-order valence-corrected chi connectivity index (χ1v) is 5.93. The molecule has 0 radical (unpaired) electrons. The fraction of sp³-hybridized carbons (Fsp3) is 0.167. The summed E-state index contributed by atoms with van der Waals surface area (Å²) in [6, 6.07) is 7.48. The lowest BCUT2D eigenvalue weighted by Gasteiger charge is -2.13. The van der Waals surface area contributed by atoms with Crippen LogP contribution in [0.4, 0.5) is 5.69 Å². The van der Waals surface area contributed by atoms with E-state index in [9.17, 15) is 0 Å². The van der Waals surface area contributed by atoms with E-state index in [1.165, 1.54) is 0 Å². The highest BCUT2D eigenvalue weighted by Crippen LogP contribution is 2.37. The van der Waals surface area contributed by atoms with Gasteiger partial charge in [-0.05, 0) is 36.6 Å². The van der Waals surface area contributed by atoms with Gasteiger partial charge in [0.05, 0.1) is 19.2 Å². The highest BCUT2D eigenvalue weighted by atomic mass is 32.2. The SMILES string of the molecule is COc1c(C)c(SOOO)cc2cc(N)ccc12. The Balaban J connectivity index is 2.62. The van der Waals surface area contributed by atoms with Crippen molar-refractivity contribution in [3.8, 4) is 5.75 Å². The quantitative estimate of drug-likeness (QED) is 0.383. The molecule has 96 valence electrons. The maximum absolute atomic E-state index is 8.21. The van der Waals surface area contributed by atoms with Crippen molar-refractivity contribution >= 4 is 28.5 Å². The molecule has 0 heterocycles. The average molecular weight is 267 g/mol. The van der Waals surface area contributed by atoms with Crippen molar-refractivity contribution in [1.29, 1.82) is 0 Å². The molecule has 0 saturated heterocycles. The minimum Gasteiger partial charge on any atom is -0.496 e. The van der Waals surface area contributed by atoms with E-state index < -0.39 is 0 Å². The van der Waals surface area contributed by atoms with Gasteiger partial charge < -0.3 is 10.5 Å². The van der Waals surface area contributed by atoms with Crippen molar-refractivity contribution in [2.75, 3.05) is 12.8 Å². The fourth-order valence-electron chi connectivity index (χ4n) is 1.87. The Bertz CT molecular complexity index is 573. The maximum Gasteiger partial charge on any atom is 0.130 e. The van der Waals surface area contributed by atoms with Crippen LogP contribution in [0.15, 0.2) is 29.2 Å². The van der Waals surface area contributed by atoms with Gasteiger partial charge in [-0.1, -0.05) is 5.04 Å². The second kappa shape index (κ2) is 5.45. The molecule has 0 atom stereocenters. The van der Waals surface area contributed by atoms with E-state index in [0.29, 0.717) is 5.69 Å². The molecular formula is C12H13NO4S. The third-order valence-corrected chi connectivity index (χ3v) is 3.41. The monoisotopic (exact) mass is 267 g/mol. The van der Waals surface area contributed by atoms with E-state index in [1.807, 2.05) is 31.2 Å². The number of ether oxygens (including phenoxy) is 1. The molecule has 0 aliphatic heterocycles. The van der Waals surface area contributed by atoms with E-state index in [0.717, 1.165) is 39.0 Å². The van der Waals surface area contributed by atoms with Crippen molar-refractivity contribution < 1.29 is 19.4 Å². The molecule has 6 heteroatoms. The summed E-state index contributed by atoms with van der Waals surface area (Å²) in [5.41, 5.74) is 7.33. The lowest BCUT2D eigenvalue weighted by molar-refractivity contribution is -0.432. The van der Waals surface area contributed by atoms with Crippen molar-refractivity contribution in [3.05, 3.63) is 29.8 Å². The second-order valence-corrected chi connectivity index (χ2v) is 4.48. The van der Waals surface area contributed by atoms with Gasteiger partial charge in [0.25, 0.3) is 0 Å². The standard InChI is InChI=1S/C12H13NO4S/c1-7-11(18-17-16-14)6-8-5-9(13)3-4-10(8)12(7)15-2/h3-6,14H,13H2,1-2H3. The van der Waals surface area contributed by atoms with E-state index in [2.05, 4.69) is 9.37 Å². The van der Waals surface area contributed by atoms with Gasteiger partial charge in [0.1, 0.15) is 5.75 Å². The predicted molar refractivity (Wildman–Crippen MR) is 70.3 cm³/mol. The average Bonchev–Trinajstić information content (AvgIpc) is 2.36. The molecule has 0 aliphatic rings. The minimum absolute atomic E-state index is 0.670. The van der Waals surface area contributed by atoms with Gasteiger partial charge in [-0.3, -0.25) is 0 Å². The van der Waals surface area contributed by atoms with E-state index >= 15 is 0 Å². The summed E-state index contributed by atoms with van der Waals surface area (Å²) in [6.45, 7) is 1.90. The first-order chi connectivity index (χ1) is 8.67. The van der Waals surface area contributed by atoms with Gasteiger partial charge >= 0.3 is 0 Å². The predicted octanol–water partition coefficient (Wildman–Crippen LogP) is 3.17. The molecule has 0 unspecified atom stereocenters. The smallest absolute Gasteiger partial charge is 0.130 e. The maximum atomic E-state index is 8.21. The van der Waals surface area contributed by atoms with E-state index in [1.54, 1.807) is 7.11 Å². The number of methoxy groups -OCH3 is 1. The van der Waals surface area contributed by atoms with Crippen LogP contribution in [0.1, 0.15) is 5.56 Å². The lowest BCUT2D eigenvalue weighted by atomic mass is 10.1. The Hall–Kier alpha value is -1.47. The number of benzene rings is 2. The topological polar surface area (TPSA) is 73.9 Å². The summed E-state index contributed by atoms with van der Waals surface area (Å²) in [6.07, 6.45) is 0. The Kier molecular flexibility index (Phi) is 3.93. The molecule has 0 aromatic heterocycles. The van der Waals surface area contributed by atoms with Crippen molar-refractivity contribution in [1.82, 2.24) is 0 Å². The van der Waals surface area contributed by atoms with Crippen LogP contribution in [-0.4, -0.2) is 12.4 Å². The molecule has 18 heavy (non-hydrogen) atoms. The molecular weight excluding hydrogens is 254 g/mol. The van der Waals surface area contributed by atoms with Gasteiger partial charge in [-0.2, -0.15) is 0 Å². The summed E-state index contributed by atoms with van der Waals surface area (Å²) in [5, 5.41) is 13.7. The summed E-state index contributed by atoms with van der Waals surface area (Å²) >= 11 is 0.904. The zero-order valence-corrected chi connectivity index (χ0v) is 10.8. The highest BCUT2D eigenvalue weighted by Gasteiger charge is 2.12. The summed E-state index contributed by atoms with van der Waals surface area (Å²) in [7, 11) is 1.61. The summed E-state index contributed by atoms with van der Waals surface area (Å²) in [4.78, 5) is 0.777. The Morgan fingerprint density at radius 2 is 2.06 bits per heavy atom. The Morgan fingerprint density at radius 1 is 1.28 bits per heavy atom. The Morgan fingerprint density at radius 3 is 2.72 bits per heavy atom. The molecule has 0 aliphatic carbocycles. The number of hydrogen-bond donors (Lipinski definition) is 2. The van der Waals surface area contributed by atoms with Crippen LogP contribution in [0.25, 0.3) is 10.8 Å². The summed E-state index contributed by atoms with van der Waals surface area (Å²) in [5.74, 6) is 0.747. The van der Waals surface area contributed by atoms with E-state index in [4.69, 9.17) is 15.7 Å². The fourth-order valence-corrected chi connectivity index (χ4v) is 2.37. The number of hydrogen-bond acceptors (Lipinski definition) is 6. The second-order valence-electron chi connectivity index (χ2n) is 3.74.